The van der Waals surface area contributed by atoms with E-state index in [4.69, 9.17) is 34.5 Å². The number of nitrogens with zero attached hydrogens (tertiary/aromatic N) is 2. The number of sulfonamides is 1. The van der Waals surface area contributed by atoms with Gasteiger partial charge >= 0.3 is 10.1 Å². The highest BCUT2D eigenvalue weighted by Crippen LogP contribution is 2.27. The number of hydroxylamine groups is 2. The van der Waals surface area contributed by atoms with Crippen molar-refractivity contribution in [2.45, 2.75) is 30.1 Å². The van der Waals surface area contributed by atoms with Gasteiger partial charge in [0.25, 0.3) is 5.96 Å². The molecule has 0 aliphatic heterocycles. The lowest BCUT2D eigenvalue weighted by Gasteiger charge is -2.22. The van der Waals surface area contributed by atoms with Gasteiger partial charge in [0, 0.05) is 33.4 Å². The first kappa shape index (κ1) is 31.3. The normalized spacial score (nSPS) is 11.9. The van der Waals surface area contributed by atoms with E-state index in [0.717, 1.165) is 10.4 Å². The highest BCUT2D eigenvalue weighted by atomic mass is 32.2. The van der Waals surface area contributed by atoms with Crippen molar-refractivity contribution in [1.82, 2.24) is 9.53 Å². The number of rotatable bonds is 16. The Morgan fingerprint density at radius 3 is 2.11 bits per heavy atom. The van der Waals surface area contributed by atoms with Gasteiger partial charge in [0.15, 0.2) is 5.75 Å². The van der Waals surface area contributed by atoms with Crippen molar-refractivity contribution in [2.75, 3.05) is 47.1 Å². The molecule has 0 radical (unpaired) electrons. The topological polar surface area (TPSA) is 171 Å². The van der Waals surface area contributed by atoms with E-state index < -0.39 is 26.1 Å². The lowest BCUT2D eigenvalue weighted by atomic mass is 10.2. The Morgan fingerprint density at radius 2 is 1.53 bits per heavy atom. The van der Waals surface area contributed by atoms with Crippen LogP contribution in [-0.4, -0.2) is 79.5 Å². The second-order valence-electron chi connectivity index (χ2n) is 7.95. The van der Waals surface area contributed by atoms with Crippen LogP contribution in [0.3, 0.4) is 0 Å². The summed E-state index contributed by atoms with van der Waals surface area (Å²) >= 11 is 0. The lowest BCUT2D eigenvalue weighted by molar-refractivity contribution is -0.263. The molecule has 3 N–H and O–H groups in total. The summed E-state index contributed by atoms with van der Waals surface area (Å²) in [4.78, 5) is 10.0. The molecular formula is C23H34N4O9S2. The summed E-state index contributed by atoms with van der Waals surface area (Å²) in [6.07, 6.45) is 0.638. The van der Waals surface area contributed by atoms with Gasteiger partial charge in [0.05, 0.1) is 24.7 Å². The predicted octanol–water partition coefficient (Wildman–Crippen LogP) is 1.88. The average Bonchev–Trinajstić information content (AvgIpc) is 2.86. The average molecular weight is 575 g/mol. The first-order chi connectivity index (χ1) is 17.9. The summed E-state index contributed by atoms with van der Waals surface area (Å²) in [6, 6.07) is 9.31. The molecule has 0 fully saturated rings. The Balaban J connectivity index is 2.35. The maximum atomic E-state index is 13.3. The minimum absolute atomic E-state index is 0.0563. The van der Waals surface area contributed by atoms with Crippen molar-refractivity contribution >= 4 is 26.1 Å². The molecule has 0 amide bonds. The van der Waals surface area contributed by atoms with Gasteiger partial charge < -0.3 is 24.2 Å². The fourth-order valence-electron chi connectivity index (χ4n) is 3.07. The van der Waals surface area contributed by atoms with E-state index in [1.807, 2.05) is 6.92 Å². The largest absolute Gasteiger partial charge is 0.383 e. The molecule has 0 aliphatic carbocycles. The van der Waals surface area contributed by atoms with Crippen LogP contribution >= 0.6 is 0 Å². The Kier molecular flexibility index (Phi) is 11.7. The number of ether oxygens (including phenoxy) is 2. The van der Waals surface area contributed by atoms with E-state index in [-0.39, 0.29) is 54.2 Å². The van der Waals surface area contributed by atoms with E-state index in [1.165, 1.54) is 50.6 Å². The molecule has 2 aromatic carbocycles. The van der Waals surface area contributed by atoms with Crippen molar-refractivity contribution in [3.05, 3.63) is 48.0 Å². The third-order valence-electron chi connectivity index (χ3n) is 4.85. The Bertz CT molecular complexity index is 1280. The number of hydrogen-bond acceptors (Lipinski definition) is 10. The van der Waals surface area contributed by atoms with E-state index >= 15 is 0 Å². The van der Waals surface area contributed by atoms with Gasteiger partial charge in [-0.3, -0.25) is 5.41 Å². The van der Waals surface area contributed by atoms with Gasteiger partial charge in [-0.2, -0.15) is 12.7 Å². The summed E-state index contributed by atoms with van der Waals surface area (Å²) < 4.78 is 69.4. The fourth-order valence-corrected chi connectivity index (χ4v) is 5.74. The third kappa shape index (κ3) is 8.82. The Hall–Kier alpha value is -2.95. The second-order valence-corrected chi connectivity index (χ2v) is 11.4. The van der Waals surface area contributed by atoms with Gasteiger partial charge in [-0.05, 0) is 54.5 Å². The summed E-state index contributed by atoms with van der Waals surface area (Å²) in [5.74, 6) is -0.548. The summed E-state index contributed by atoms with van der Waals surface area (Å²) in [6.45, 7) is 4.07. The SMILES string of the molecule is CCCON(Oc1cccc(OS(=O)(=O)c2cc(C)cc(S(=O)(=O)N(CCOC)CCOC)c2)c1)C(=N)N. The van der Waals surface area contributed by atoms with Crippen LogP contribution in [0.2, 0.25) is 0 Å². The number of methoxy groups -OCH3 is 2. The molecule has 0 aliphatic rings. The molecular weight excluding hydrogens is 540 g/mol. The molecule has 0 aromatic heterocycles. The monoisotopic (exact) mass is 574 g/mol. The van der Waals surface area contributed by atoms with Gasteiger partial charge in [-0.25, -0.2) is 13.3 Å². The van der Waals surface area contributed by atoms with Crippen LogP contribution in [0.4, 0.5) is 0 Å². The van der Waals surface area contributed by atoms with Crippen molar-refractivity contribution in [3.8, 4) is 11.5 Å². The fraction of sp³-hybridized carbons (Fsp3) is 0.435. The molecule has 0 spiro atoms. The molecule has 0 heterocycles. The van der Waals surface area contributed by atoms with Crippen LogP contribution in [0.15, 0.2) is 52.3 Å². The van der Waals surface area contributed by atoms with Gasteiger partial charge in [0.1, 0.15) is 10.6 Å². The standard InChI is InChI=1S/C23H34N4O9S2/c1-5-11-34-27(23(24)25)35-19-7-6-8-20(16-19)36-38(30,31)22-15-18(2)14-21(17-22)37(28,29)26(9-12-32-3)10-13-33-4/h6-8,14-17H,5,9-13H2,1-4H3,(H3,24,25). The molecule has 2 rings (SSSR count). The predicted molar refractivity (Wildman–Crippen MR) is 139 cm³/mol. The first-order valence-electron chi connectivity index (χ1n) is 11.5. The van der Waals surface area contributed by atoms with Gasteiger partial charge in [0.2, 0.25) is 10.0 Å². The molecule has 13 nitrogen and oxygen atoms in total. The summed E-state index contributed by atoms with van der Waals surface area (Å²) in [5.41, 5.74) is 5.84. The Labute approximate surface area is 223 Å². The molecule has 0 atom stereocenters. The van der Waals surface area contributed by atoms with Crippen molar-refractivity contribution < 1.29 is 40.2 Å². The molecule has 212 valence electrons. The lowest BCUT2D eigenvalue weighted by Crippen LogP contribution is -2.39. The molecule has 0 unspecified atom stereocenters. The molecule has 0 bridgehead atoms. The Morgan fingerprint density at radius 1 is 0.921 bits per heavy atom. The number of benzene rings is 2. The first-order valence-corrected chi connectivity index (χ1v) is 14.4. The van der Waals surface area contributed by atoms with E-state index in [9.17, 15) is 16.8 Å². The zero-order valence-electron chi connectivity index (χ0n) is 21.7. The molecule has 15 heteroatoms. The van der Waals surface area contributed by atoms with E-state index in [0.29, 0.717) is 17.2 Å². The summed E-state index contributed by atoms with van der Waals surface area (Å²) in [5, 5.41) is 8.23. The molecule has 0 saturated carbocycles. The van der Waals surface area contributed by atoms with Crippen molar-refractivity contribution in [2.24, 2.45) is 5.73 Å². The van der Waals surface area contributed by atoms with Crippen LogP contribution in [0.25, 0.3) is 0 Å². The maximum absolute atomic E-state index is 13.3. The zero-order chi connectivity index (χ0) is 28.3. The van der Waals surface area contributed by atoms with Gasteiger partial charge in [-0.15, -0.1) is 0 Å². The highest BCUT2D eigenvalue weighted by Gasteiger charge is 2.27. The van der Waals surface area contributed by atoms with Crippen LogP contribution in [0.1, 0.15) is 18.9 Å². The van der Waals surface area contributed by atoms with Crippen LogP contribution in [0.5, 0.6) is 11.5 Å². The van der Waals surface area contributed by atoms with Crippen LogP contribution < -0.4 is 14.8 Å². The molecule has 2 aromatic rings. The van der Waals surface area contributed by atoms with E-state index in [1.54, 1.807) is 6.92 Å². The third-order valence-corrected chi connectivity index (χ3v) is 7.95. The number of nitrogens with one attached hydrogen (secondary N) is 1. The van der Waals surface area contributed by atoms with E-state index in [2.05, 4.69) is 0 Å². The number of nitrogens with two attached hydrogens (primary N) is 1. The van der Waals surface area contributed by atoms with Crippen LogP contribution in [0, 0.1) is 12.3 Å². The second kappa shape index (κ2) is 14.3. The number of guanidine groups is 1. The van der Waals surface area contributed by atoms with Gasteiger partial charge in [-0.1, -0.05) is 13.0 Å². The minimum atomic E-state index is -4.45. The quantitative estimate of drug-likeness (QED) is 0.130. The van der Waals surface area contributed by atoms with Crippen LogP contribution in [-0.2, 0) is 34.5 Å². The molecule has 0 saturated heterocycles. The molecule has 38 heavy (non-hydrogen) atoms. The highest BCUT2D eigenvalue weighted by molar-refractivity contribution is 7.89. The van der Waals surface area contributed by atoms with Crippen molar-refractivity contribution in [1.29, 1.82) is 5.41 Å². The number of hydrogen-bond donors (Lipinski definition) is 2. The number of aryl methyl sites for hydroxylation is 1. The zero-order valence-corrected chi connectivity index (χ0v) is 23.4. The smallest absolute Gasteiger partial charge is 0.339 e. The maximum Gasteiger partial charge on any atom is 0.339 e. The van der Waals surface area contributed by atoms with Crippen molar-refractivity contribution in [3.63, 3.8) is 0 Å². The summed E-state index contributed by atoms with van der Waals surface area (Å²) in [7, 11) is -5.63. The minimum Gasteiger partial charge on any atom is -0.383 e.